The summed E-state index contributed by atoms with van der Waals surface area (Å²) in [5.74, 6) is 2.21. The highest BCUT2D eigenvalue weighted by atomic mass is 32.2. The predicted octanol–water partition coefficient (Wildman–Crippen LogP) is 4.48. The molecule has 8 nitrogen and oxygen atoms in total. The van der Waals surface area contributed by atoms with Gasteiger partial charge in [0.25, 0.3) is 0 Å². The van der Waals surface area contributed by atoms with Crippen LogP contribution < -0.4 is 15.5 Å². The number of piperazine rings is 1. The van der Waals surface area contributed by atoms with Crippen molar-refractivity contribution in [3.8, 4) is 17.1 Å². The van der Waals surface area contributed by atoms with Gasteiger partial charge in [0.1, 0.15) is 17.1 Å². The molecular weight excluding hydrogens is 536 g/mol. The van der Waals surface area contributed by atoms with E-state index in [9.17, 15) is 9.59 Å². The van der Waals surface area contributed by atoms with Crippen LogP contribution in [0, 0.1) is 6.92 Å². The second-order valence-corrected chi connectivity index (χ2v) is 11.7. The van der Waals surface area contributed by atoms with Crippen molar-refractivity contribution in [2.24, 2.45) is 0 Å². The summed E-state index contributed by atoms with van der Waals surface area (Å²) >= 11 is 1.77. The second-order valence-electron chi connectivity index (χ2n) is 10.6. The van der Waals surface area contributed by atoms with Gasteiger partial charge in [0.15, 0.2) is 5.43 Å². The highest BCUT2D eigenvalue weighted by Crippen LogP contribution is 2.33. The third-order valence-corrected chi connectivity index (χ3v) is 8.94. The molecule has 0 bridgehead atoms. The number of amides is 1. The van der Waals surface area contributed by atoms with E-state index in [4.69, 9.17) is 9.15 Å². The number of nitrogens with zero attached hydrogens (tertiary/aromatic N) is 3. The Hall–Kier alpha value is -3.66. The lowest BCUT2D eigenvalue weighted by Crippen LogP contribution is -2.53. The van der Waals surface area contributed by atoms with Crippen LogP contribution in [0.3, 0.4) is 0 Å². The number of aryl methyl sites for hydroxylation is 1. The average Bonchev–Trinajstić information content (AvgIpc) is 3.50. The zero-order chi connectivity index (χ0) is 28.2. The van der Waals surface area contributed by atoms with Crippen LogP contribution in [-0.4, -0.2) is 71.8 Å². The molecule has 0 saturated carbocycles. The van der Waals surface area contributed by atoms with Gasteiger partial charge in [0, 0.05) is 68.6 Å². The maximum absolute atomic E-state index is 13.1. The molecule has 0 spiro atoms. The van der Waals surface area contributed by atoms with Crippen LogP contribution in [-0.2, 0) is 4.79 Å². The summed E-state index contributed by atoms with van der Waals surface area (Å²) in [6.07, 6.45) is 4.50. The van der Waals surface area contributed by atoms with E-state index in [1.807, 2.05) is 60.5 Å². The molecule has 6 rings (SSSR count). The Morgan fingerprint density at radius 1 is 1.10 bits per heavy atom. The average molecular weight is 571 g/mol. The Morgan fingerprint density at radius 3 is 2.71 bits per heavy atom. The van der Waals surface area contributed by atoms with E-state index in [0.29, 0.717) is 29.1 Å². The molecule has 2 atom stereocenters. The quantitative estimate of drug-likeness (QED) is 0.311. The van der Waals surface area contributed by atoms with Crippen LogP contribution in [0.25, 0.3) is 22.3 Å². The van der Waals surface area contributed by atoms with Crippen molar-refractivity contribution in [2.75, 3.05) is 45.1 Å². The number of fused-ring (bicyclic) bond motifs is 1. The monoisotopic (exact) mass is 570 g/mol. The van der Waals surface area contributed by atoms with E-state index in [1.54, 1.807) is 36.2 Å². The third-order valence-electron chi connectivity index (χ3n) is 7.68. The van der Waals surface area contributed by atoms with Crippen molar-refractivity contribution in [3.05, 3.63) is 94.4 Å². The van der Waals surface area contributed by atoms with Crippen molar-refractivity contribution in [2.45, 2.75) is 24.8 Å². The predicted molar refractivity (Wildman–Crippen MR) is 162 cm³/mol. The Morgan fingerprint density at radius 2 is 1.93 bits per heavy atom. The van der Waals surface area contributed by atoms with Crippen molar-refractivity contribution in [3.63, 3.8) is 0 Å². The summed E-state index contributed by atoms with van der Waals surface area (Å²) in [5, 5.41) is 4.14. The lowest BCUT2D eigenvalue weighted by atomic mass is 10.1. The Kier molecular flexibility index (Phi) is 8.36. The molecule has 0 aliphatic carbocycles. The highest BCUT2D eigenvalue weighted by Gasteiger charge is 2.34. The lowest BCUT2D eigenvalue weighted by Gasteiger charge is -2.36. The molecule has 2 saturated heterocycles. The normalized spacial score (nSPS) is 19.5. The van der Waals surface area contributed by atoms with Crippen molar-refractivity contribution in [1.82, 2.24) is 20.1 Å². The number of aromatic nitrogens is 1. The molecule has 4 aromatic rings. The first-order chi connectivity index (χ1) is 20.0. The summed E-state index contributed by atoms with van der Waals surface area (Å²) in [6, 6.07) is 18.7. The summed E-state index contributed by atoms with van der Waals surface area (Å²) < 4.78 is 12.1. The molecule has 2 aliphatic rings. The largest absolute Gasteiger partial charge is 0.493 e. The highest BCUT2D eigenvalue weighted by molar-refractivity contribution is 7.99. The number of ether oxygens (including phenoxy) is 1. The SMILES string of the molecule is Cc1ccc(-c2cc(=O)c3ccc(OCCCN4CCN(C(=O)[C@@H]5CSC(c6cccnc6)N5)CC4)cc3o2)cc1. The first-order valence-electron chi connectivity index (χ1n) is 14.1. The fourth-order valence-electron chi connectivity index (χ4n) is 5.31. The van der Waals surface area contributed by atoms with E-state index in [2.05, 4.69) is 15.2 Å². The van der Waals surface area contributed by atoms with Gasteiger partial charge in [-0.3, -0.25) is 24.8 Å². The first kappa shape index (κ1) is 27.5. The minimum absolute atomic E-state index is 0.0678. The van der Waals surface area contributed by atoms with Crippen LogP contribution in [0.5, 0.6) is 5.75 Å². The smallest absolute Gasteiger partial charge is 0.240 e. The Balaban J connectivity index is 0.960. The van der Waals surface area contributed by atoms with E-state index in [1.165, 1.54) is 0 Å². The fraction of sp³-hybridized carbons (Fsp3) is 0.344. The maximum Gasteiger partial charge on any atom is 0.240 e. The van der Waals surface area contributed by atoms with Gasteiger partial charge >= 0.3 is 0 Å². The van der Waals surface area contributed by atoms with Gasteiger partial charge in [-0.25, -0.2) is 0 Å². The third kappa shape index (κ3) is 6.48. The molecule has 2 fully saturated rings. The standard InChI is InChI=1S/C32H34N4O4S/c1-22-5-7-23(8-6-22)29-19-28(37)26-10-9-25(18-30(26)40-29)39-17-3-12-35-13-15-36(16-14-35)32(38)27-21-41-31(34-27)24-4-2-11-33-20-24/h2,4-11,18-20,27,31,34H,3,12-17,21H2,1H3/t27-,31?/m0/s1. The van der Waals surface area contributed by atoms with E-state index < -0.39 is 0 Å². The number of nitrogens with one attached hydrogen (secondary N) is 1. The number of benzene rings is 2. The van der Waals surface area contributed by atoms with Crippen LogP contribution in [0.1, 0.15) is 22.9 Å². The summed E-state index contributed by atoms with van der Waals surface area (Å²) in [5.41, 5.74) is 3.59. The molecule has 1 unspecified atom stereocenters. The lowest BCUT2D eigenvalue weighted by molar-refractivity contribution is -0.134. The van der Waals surface area contributed by atoms with Crippen LogP contribution >= 0.6 is 11.8 Å². The topological polar surface area (TPSA) is 87.9 Å². The summed E-state index contributed by atoms with van der Waals surface area (Å²) in [4.78, 5) is 34.3. The number of pyridine rings is 1. The Bertz CT molecular complexity index is 1550. The molecule has 2 aromatic heterocycles. The minimum Gasteiger partial charge on any atom is -0.493 e. The molecule has 1 amide bonds. The van der Waals surface area contributed by atoms with E-state index >= 15 is 0 Å². The van der Waals surface area contributed by atoms with Gasteiger partial charge in [-0.2, -0.15) is 0 Å². The van der Waals surface area contributed by atoms with E-state index in [0.717, 1.165) is 61.6 Å². The molecule has 9 heteroatoms. The van der Waals surface area contributed by atoms with Crippen LogP contribution in [0.15, 0.2) is 82.3 Å². The summed E-state index contributed by atoms with van der Waals surface area (Å²) in [7, 11) is 0. The van der Waals surface area contributed by atoms with Crippen molar-refractivity contribution >= 4 is 28.6 Å². The maximum atomic E-state index is 13.1. The fourth-order valence-corrected chi connectivity index (χ4v) is 6.53. The zero-order valence-electron chi connectivity index (χ0n) is 23.1. The number of carbonyl (C=O) groups excluding carboxylic acids is 1. The van der Waals surface area contributed by atoms with E-state index in [-0.39, 0.29) is 22.8 Å². The molecule has 2 aromatic carbocycles. The molecule has 1 N–H and O–H groups in total. The van der Waals surface area contributed by atoms with Gasteiger partial charge in [-0.15, -0.1) is 11.8 Å². The number of hydrogen-bond acceptors (Lipinski definition) is 8. The summed E-state index contributed by atoms with van der Waals surface area (Å²) in [6.45, 7) is 6.70. The van der Waals surface area contributed by atoms with Crippen molar-refractivity contribution in [1.29, 1.82) is 0 Å². The van der Waals surface area contributed by atoms with Crippen LogP contribution in [0.4, 0.5) is 0 Å². The molecule has 41 heavy (non-hydrogen) atoms. The van der Waals surface area contributed by atoms with Gasteiger partial charge < -0.3 is 14.1 Å². The molecule has 2 aliphatic heterocycles. The van der Waals surface area contributed by atoms with Crippen molar-refractivity contribution < 1.29 is 13.9 Å². The molecular formula is C32H34N4O4S. The number of hydrogen-bond donors (Lipinski definition) is 1. The first-order valence-corrected chi connectivity index (χ1v) is 15.1. The molecule has 4 heterocycles. The second kappa shape index (κ2) is 12.5. The Labute approximate surface area is 243 Å². The van der Waals surface area contributed by atoms with Gasteiger partial charge in [-0.1, -0.05) is 35.9 Å². The number of thioether (sulfide) groups is 1. The van der Waals surface area contributed by atoms with Crippen LogP contribution in [0.2, 0.25) is 0 Å². The zero-order valence-corrected chi connectivity index (χ0v) is 23.9. The van der Waals surface area contributed by atoms with Gasteiger partial charge in [0.05, 0.1) is 23.4 Å². The number of carbonyl (C=O) groups is 1. The number of rotatable bonds is 8. The van der Waals surface area contributed by atoms with Gasteiger partial charge in [0.2, 0.25) is 5.91 Å². The molecule has 212 valence electrons. The molecule has 0 radical (unpaired) electrons. The van der Waals surface area contributed by atoms with Gasteiger partial charge in [-0.05, 0) is 37.1 Å². The minimum atomic E-state index is -0.149.